The standard InChI is InChI=1S/C17H21N3O3S/c21-15(16-8-5-11-24-16)12-13-6-2-1-3-10-19(13)17-14(20(22)23)7-4-9-18-17/h4-5,7-9,11,13,15,21H,1-3,6,10,12H2/t13-,15-/m1/s1. The Morgan fingerprint density at radius 3 is 3.00 bits per heavy atom. The van der Waals surface area contributed by atoms with Crippen molar-refractivity contribution in [3.63, 3.8) is 0 Å². The lowest BCUT2D eigenvalue weighted by atomic mass is 10.0. The maximum absolute atomic E-state index is 11.4. The number of aromatic nitrogens is 1. The number of aliphatic hydroxyl groups excluding tert-OH is 1. The van der Waals surface area contributed by atoms with E-state index in [4.69, 9.17) is 0 Å². The maximum Gasteiger partial charge on any atom is 0.311 e. The highest BCUT2D eigenvalue weighted by Crippen LogP contribution is 2.34. The van der Waals surface area contributed by atoms with Gasteiger partial charge in [-0.25, -0.2) is 4.98 Å². The number of thiophene rings is 1. The molecule has 1 saturated heterocycles. The SMILES string of the molecule is O=[N+]([O-])c1cccnc1N1CCCCC[C@@H]1C[C@@H](O)c1cccs1. The van der Waals surface area contributed by atoms with Gasteiger partial charge in [0.2, 0.25) is 5.82 Å². The third-order valence-electron chi connectivity index (χ3n) is 4.48. The Bertz CT molecular complexity index is 677. The predicted molar refractivity (Wildman–Crippen MR) is 94.4 cm³/mol. The lowest BCUT2D eigenvalue weighted by Gasteiger charge is -2.32. The van der Waals surface area contributed by atoms with Crippen molar-refractivity contribution in [1.29, 1.82) is 0 Å². The monoisotopic (exact) mass is 347 g/mol. The Morgan fingerprint density at radius 2 is 2.25 bits per heavy atom. The molecule has 2 aromatic rings. The minimum absolute atomic E-state index is 0.0370. The molecule has 2 atom stereocenters. The van der Waals surface area contributed by atoms with E-state index < -0.39 is 6.10 Å². The Balaban J connectivity index is 1.87. The van der Waals surface area contributed by atoms with Crippen LogP contribution in [0.5, 0.6) is 0 Å². The first-order valence-corrected chi connectivity index (χ1v) is 9.12. The highest BCUT2D eigenvalue weighted by atomic mass is 32.1. The van der Waals surface area contributed by atoms with Gasteiger partial charge in [0, 0.05) is 29.7 Å². The van der Waals surface area contributed by atoms with Crippen LogP contribution in [0.3, 0.4) is 0 Å². The first-order valence-electron chi connectivity index (χ1n) is 8.24. The number of pyridine rings is 1. The summed E-state index contributed by atoms with van der Waals surface area (Å²) < 4.78 is 0. The number of hydrogen-bond acceptors (Lipinski definition) is 6. The fraction of sp³-hybridized carbons (Fsp3) is 0.471. The lowest BCUT2D eigenvalue weighted by Crippen LogP contribution is -2.37. The van der Waals surface area contributed by atoms with E-state index in [1.54, 1.807) is 12.3 Å². The smallest absolute Gasteiger partial charge is 0.311 e. The van der Waals surface area contributed by atoms with Crippen LogP contribution in [-0.4, -0.2) is 27.6 Å². The molecule has 6 nitrogen and oxygen atoms in total. The van der Waals surface area contributed by atoms with Crippen molar-refractivity contribution in [3.05, 3.63) is 50.8 Å². The van der Waals surface area contributed by atoms with Gasteiger partial charge in [-0.05, 0) is 36.8 Å². The van der Waals surface area contributed by atoms with Gasteiger partial charge in [-0.3, -0.25) is 10.1 Å². The third-order valence-corrected chi connectivity index (χ3v) is 5.45. The van der Waals surface area contributed by atoms with Crippen molar-refractivity contribution in [2.75, 3.05) is 11.4 Å². The van der Waals surface area contributed by atoms with E-state index in [2.05, 4.69) is 4.98 Å². The molecule has 0 saturated carbocycles. The van der Waals surface area contributed by atoms with E-state index in [1.807, 2.05) is 22.4 Å². The number of nitrogens with zero attached hydrogens (tertiary/aromatic N) is 3. The molecule has 0 amide bonds. The van der Waals surface area contributed by atoms with Crippen LogP contribution in [0.4, 0.5) is 11.5 Å². The van der Waals surface area contributed by atoms with Gasteiger partial charge in [-0.2, -0.15) is 0 Å². The van der Waals surface area contributed by atoms with Gasteiger partial charge in [-0.1, -0.05) is 18.9 Å². The van der Waals surface area contributed by atoms with Gasteiger partial charge >= 0.3 is 5.69 Å². The van der Waals surface area contributed by atoms with Crippen LogP contribution in [0.2, 0.25) is 0 Å². The Hall–Kier alpha value is -1.99. The topological polar surface area (TPSA) is 79.5 Å². The van der Waals surface area contributed by atoms with Gasteiger partial charge in [-0.15, -0.1) is 11.3 Å². The summed E-state index contributed by atoms with van der Waals surface area (Å²) in [6, 6.07) is 7.00. The van der Waals surface area contributed by atoms with E-state index in [1.165, 1.54) is 17.4 Å². The second-order valence-corrected chi connectivity index (χ2v) is 7.05. The molecule has 0 radical (unpaired) electrons. The second-order valence-electron chi connectivity index (χ2n) is 6.07. The van der Waals surface area contributed by atoms with Crippen molar-refractivity contribution < 1.29 is 10.0 Å². The number of anilines is 1. The van der Waals surface area contributed by atoms with Crippen molar-refractivity contribution in [2.45, 2.75) is 44.2 Å². The first-order chi connectivity index (χ1) is 11.7. The summed E-state index contributed by atoms with van der Waals surface area (Å²) in [6.45, 7) is 0.736. The van der Waals surface area contributed by atoms with Gasteiger partial charge < -0.3 is 10.0 Å². The van der Waals surface area contributed by atoms with Gasteiger partial charge in [0.25, 0.3) is 0 Å². The molecule has 0 spiro atoms. The molecule has 0 aromatic carbocycles. The third kappa shape index (κ3) is 3.73. The Morgan fingerprint density at radius 1 is 1.38 bits per heavy atom. The molecule has 128 valence electrons. The highest BCUT2D eigenvalue weighted by molar-refractivity contribution is 7.10. The van der Waals surface area contributed by atoms with Crippen molar-refractivity contribution in [2.24, 2.45) is 0 Å². The largest absolute Gasteiger partial charge is 0.387 e. The summed E-state index contributed by atoms with van der Waals surface area (Å²) in [4.78, 5) is 18.2. The van der Waals surface area contributed by atoms with Crippen LogP contribution in [0.25, 0.3) is 0 Å². The number of aliphatic hydroxyl groups is 1. The van der Waals surface area contributed by atoms with E-state index in [0.29, 0.717) is 12.2 Å². The van der Waals surface area contributed by atoms with Gasteiger partial charge in [0.15, 0.2) is 0 Å². The van der Waals surface area contributed by atoms with E-state index in [9.17, 15) is 15.2 Å². The minimum atomic E-state index is -0.543. The number of rotatable bonds is 5. The van der Waals surface area contributed by atoms with Crippen LogP contribution in [0.15, 0.2) is 35.8 Å². The van der Waals surface area contributed by atoms with Crippen LogP contribution in [0, 0.1) is 10.1 Å². The van der Waals surface area contributed by atoms with E-state index in [-0.39, 0.29) is 16.7 Å². The fourth-order valence-electron chi connectivity index (χ4n) is 3.31. The molecule has 2 aromatic heterocycles. The summed E-state index contributed by atoms with van der Waals surface area (Å²) in [6.07, 6.45) is 5.68. The quantitative estimate of drug-likeness (QED) is 0.655. The molecule has 0 bridgehead atoms. The summed E-state index contributed by atoms with van der Waals surface area (Å²) >= 11 is 1.54. The zero-order chi connectivity index (χ0) is 16.9. The van der Waals surface area contributed by atoms with Crippen LogP contribution >= 0.6 is 11.3 Å². The van der Waals surface area contributed by atoms with Gasteiger partial charge in [0.05, 0.1) is 11.0 Å². The second kappa shape index (κ2) is 7.72. The average molecular weight is 347 g/mol. The predicted octanol–water partition coefficient (Wildman–Crippen LogP) is 3.92. The number of hydrogen-bond donors (Lipinski definition) is 1. The molecule has 1 fully saturated rings. The normalized spacial score (nSPS) is 19.7. The molecular weight excluding hydrogens is 326 g/mol. The summed E-state index contributed by atoms with van der Waals surface area (Å²) in [5, 5.41) is 23.8. The Kier molecular flexibility index (Phi) is 5.42. The molecule has 0 aliphatic carbocycles. The summed E-state index contributed by atoms with van der Waals surface area (Å²) in [5.74, 6) is 0.424. The molecule has 3 heterocycles. The molecular formula is C17H21N3O3S. The minimum Gasteiger partial charge on any atom is -0.387 e. The van der Waals surface area contributed by atoms with Crippen molar-refractivity contribution in [3.8, 4) is 0 Å². The highest BCUT2D eigenvalue weighted by Gasteiger charge is 2.30. The Labute approximate surface area is 144 Å². The zero-order valence-electron chi connectivity index (χ0n) is 13.4. The molecule has 3 rings (SSSR count). The average Bonchev–Trinajstić information content (AvgIpc) is 3.03. The molecule has 7 heteroatoms. The molecule has 0 unspecified atom stereocenters. The maximum atomic E-state index is 11.4. The van der Waals surface area contributed by atoms with E-state index in [0.717, 1.165) is 37.1 Å². The summed E-state index contributed by atoms with van der Waals surface area (Å²) in [5.41, 5.74) is 0.0370. The van der Waals surface area contributed by atoms with Crippen molar-refractivity contribution in [1.82, 2.24) is 4.98 Å². The van der Waals surface area contributed by atoms with E-state index >= 15 is 0 Å². The fourth-order valence-corrected chi connectivity index (χ4v) is 4.03. The molecule has 1 N–H and O–H groups in total. The van der Waals surface area contributed by atoms with Crippen LogP contribution in [0.1, 0.15) is 43.1 Å². The van der Waals surface area contributed by atoms with Crippen LogP contribution in [-0.2, 0) is 0 Å². The number of nitro groups is 1. The van der Waals surface area contributed by atoms with Gasteiger partial charge in [0.1, 0.15) is 0 Å². The first kappa shape index (κ1) is 16.9. The van der Waals surface area contributed by atoms with Crippen molar-refractivity contribution >= 4 is 22.8 Å². The van der Waals surface area contributed by atoms with Crippen LogP contribution < -0.4 is 4.90 Å². The zero-order valence-corrected chi connectivity index (χ0v) is 14.2. The summed E-state index contributed by atoms with van der Waals surface area (Å²) in [7, 11) is 0. The lowest BCUT2D eigenvalue weighted by molar-refractivity contribution is -0.384. The molecule has 1 aliphatic rings. The molecule has 1 aliphatic heterocycles. The molecule has 24 heavy (non-hydrogen) atoms.